The third-order valence-electron chi connectivity index (χ3n) is 1.85. The Balaban J connectivity index is 2.42. The number of carbonyl (C=O) groups excluding carboxylic acids is 2. The fourth-order valence-corrected chi connectivity index (χ4v) is 1.18. The minimum atomic E-state index is -0.571. The van der Waals surface area contributed by atoms with Crippen LogP contribution in [0.25, 0.3) is 0 Å². The molecule has 0 aliphatic carbocycles. The largest absolute Gasteiger partial charge is 0.354 e. The number of rotatable bonds is 2. The van der Waals surface area contributed by atoms with Gasteiger partial charge in [0.15, 0.2) is 0 Å². The number of hydrogen-bond acceptors (Lipinski definition) is 2. The number of carbonyl (C=O) groups is 2. The molecule has 0 aromatic rings. The van der Waals surface area contributed by atoms with Gasteiger partial charge in [-0.25, -0.2) is 0 Å². The van der Waals surface area contributed by atoms with Crippen LogP contribution in [-0.4, -0.2) is 28.7 Å². The van der Waals surface area contributed by atoms with Crippen molar-refractivity contribution >= 4 is 27.7 Å². The highest BCUT2D eigenvalue weighted by Crippen LogP contribution is 2.16. The first kappa shape index (κ1) is 10.5. The molecule has 0 spiro atoms. The molecule has 0 aromatic carbocycles. The van der Waals surface area contributed by atoms with Crippen LogP contribution in [0.4, 0.5) is 0 Å². The molecule has 5 heteroatoms. The van der Waals surface area contributed by atoms with E-state index in [4.69, 9.17) is 0 Å². The summed E-state index contributed by atoms with van der Waals surface area (Å²) < 4.78 is -0.571. The van der Waals surface area contributed by atoms with E-state index >= 15 is 0 Å². The summed E-state index contributed by atoms with van der Waals surface area (Å²) in [5, 5.41) is 5.44. The fraction of sp³-hybridized carbons (Fsp3) is 0.750. The molecule has 1 heterocycles. The van der Waals surface area contributed by atoms with E-state index in [9.17, 15) is 9.59 Å². The summed E-state index contributed by atoms with van der Waals surface area (Å²) in [7, 11) is 0. The molecule has 1 saturated heterocycles. The van der Waals surface area contributed by atoms with E-state index < -0.39 is 4.32 Å². The summed E-state index contributed by atoms with van der Waals surface area (Å²) in [6.07, 6.45) is 0.384. The van der Waals surface area contributed by atoms with Crippen LogP contribution in [0, 0.1) is 0 Å². The normalized spacial score (nSPS) is 22.7. The molecule has 4 nitrogen and oxygen atoms in total. The van der Waals surface area contributed by atoms with Gasteiger partial charge in [-0.15, -0.1) is 0 Å². The average molecular weight is 249 g/mol. The Hall–Kier alpha value is -0.580. The van der Waals surface area contributed by atoms with Gasteiger partial charge in [0.2, 0.25) is 11.8 Å². The van der Waals surface area contributed by atoms with Crippen LogP contribution >= 0.6 is 15.9 Å². The third-order valence-corrected chi connectivity index (χ3v) is 2.21. The van der Waals surface area contributed by atoms with Gasteiger partial charge in [0.25, 0.3) is 0 Å². The van der Waals surface area contributed by atoms with Crippen molar-refractivity contribution in [1.82, 2.24) is 10.6 Å². The van der Waals surface area contributed by atoms with E-state index in [1.165, 1.54) is 0 Å². The van der Waals surface area contributed by atoms with Gasteiger partial charge < -0.3 is 10.6 Å². The van der Waals surface area contributed by atoms with Gasteiger partial charge in [-0.1, -0.05) is 15.9 Å². The van der Waals surface area contributed by atoms with Crippen LogP contribution in [0.2, 0.25) is 0 Å². The zero-order valence-corrected chi connectivity index (χ0v) is 9.27. The number of hydrogen-bond donors (Lipinski definition) is 2. The lowest BCUT2D eigenvalue weighted by Crippen LogP contribution is -2.44. The first-order valence-electron chi connectivity index (χ1n) is 4.16. The monoisotopic (exact) mass is 248 g/mol. The molecular weight excluding hydrogens is 236 g/mol. The third kappa shape index (κ3) is 2.99. The lowest BCUT2D eigenvalue weighted by molar-refractivity contribution is -0.123. The van der Waals surface area contributed by atoms with E-state index in [2.05, 4.69) is 26.6 Å². The maximum Gasteiger partial charge on any atom is 0.236 e. The molecule has 2 amide bonds. The van der Waals surface area contributed by atoms with Crippen LogP contribution in [0.15, 0.2) is 0 Å². The second-order valence-electron chi connectivity index (χ2n) is 3.65. The Morgan fingerprint density at radius 3 is 2.69 bits per heavy atom. The maximum atomic E-state index is 11.4. The van der Waals surface area contributed by atoms with Crippen molar-refractivity contribution in [2.45, 2.75) is 30.6 Å². The topological polar surface area (TPSA) is 58.2 Å². The van der Waals surface area contributed by atoms with Crippen LogP contribution in [0.5, 0.6) is 0 Å². The molecule has 0 radical (unpaired) electrons. The standard InChI is InChI=1S/C8H13BrN2O2/c1-8(2,9)7(13)11-5-3-6(12)10-4-5/h5H,3-4H2,1-2H3,(H,10,12)(H,11,13). The lowest BCUT2D eigenvalue weighted by Gasteiger charge is -2.18. The van der Waals surface area contributed by atoms with Gasteiger partial charge in [0.1, 0.15) is 0 Å². The van der Waals surface area contributed by atoms with Gasteiger partial charge >= 0.3 is 0 Å². The van der Waals surface area contributed by atoms with E-state index in [-0.39, 0.29) is 17.9 Å². The first-order chi connectivity index (χ1) is 5.89. The van der Waals surface area contributed by atoms with Gasteiger partial charge in [-0.3, -0.25) is 9.59 Å². The SMILES string of the molecule is CC(C)(Br)C(=O)NC1CNC(=O)C1. The zero-order chi connectivity index (χ0) is 10.1. The van der Waals surface area contributed by atoms with Crippen LogP contribution in [-0.2, 0) is 9.59 Å². The fourth-order valence-electron chi connectivity index (χ4n) is 1.06. The van der Waals surface area contributed by atoms with Crippen LogP contribution in [0.1, 0.15) is 20.3 Å². The Bertz CT molecular complexity index is 235. The second-order valence-corrected chi connectivity index (χ2v) is 5.63. The van der Waals surface area contributed by atoms with Crippen molar-refractivity contribution in [1.29, 1.82) is 0 Å². The van der Waals surface area contributed by atoms with Crippen LogP contribution in [0.3, 0.4) is 0 Å². The van der Waals surface area contributed by atoms with E-state index in [0.717, 1.165) is 0 Å². The molecule has 1 rings (SSSR count). The highest BCUT2D eigenvalue weighted by molar-refractivity contribution is 9.10. The van der Waals surface area contributed by atoms with Crippen molar-refractivity contribution in [3.05, 3.63) is 0 Å². The Kier molecular flexibility index (Phi) is 2.95. The zero-order valence-electron chi connectivity index (χ0n) is 7.69. The Morgan fingerprint density at radius 1 is 1.69 bits per heavy atom. The number of alkyl halides is 1. The quantitative estimate of drug-likeness (QED) is 0.685. The predicted molar refractivity (Wildman–Crippen MR) is 52.6 cm³/mol. The van der Waals surface area contributed by atoms with Gasteiger partial charge in [-0.2, -0.15) is 0 Å². The Labute approximate surface area is 85.6 Å². The molecule has 0 aromatic heterocycles. The first-order valence-corrected chi connectivity index (χ1v) is 4.95. The summed E-state index contributed by atoms with van der Waals surface area (Å²) in [5.74, 6) is -0.0910. The Morgan fingerprint density at radius 2 is 2.31 bits per heavy atom. The number of amides is 2. The smallest absolute Gasteiger partial charge is 0.236 e. The van der Waals surface area contributed by atoms with Crippen molar-refractivity contribution < 1.29 is 9.59 Å². The van der Waals surface area contributed by atoms with E-state index in [1.807, 2.05) is 0 Å². The maximum absolute atomic E-state index is 11.4. The summed E-state index contributed by atoms with van der Waals surface area (Å²) in [4.78, 5) is 22.2. The number of halogens is 1. The lowest BCUT2D eigenvalue weighted by atomic mass is 10.1. The molecule has 1 fully saturated rings. The van der Waals surface area contributed by atoms with E-state index in [0.29, 0.717) is 13.0 Å². The minimum Gasteiger partial charge on any atom is -0.354 e. The highest BCUT2D eigenvalue weighted by atomic mass is 79.9. The van der Waals surface area contributed by atoms with E-state index in [1.54, 1.807) is 13.8 Å². The minimum absolute atomic E-state index is 0.00215. The summed E-state index contributed by atoms with van der Waals surface area (Å²) in [5.41, 5.74) is 0. The van der Waals surface area contributed by atoms with Gasteiger partial charge in [0, 0.05) is 13.0 Å². The highest BCUT2D eigenvalue weighted by Gasteiger charge is 2.29. The van der Waals surface area contributed by atoms with Crippen LogP contribution < -0.4 is 10.6 Å². The second kappa shape index (κ2) is 3.65. The molecule has 1 unspecified atom stereocenters. The van der Waals surface area contributed by atoms with Gasteiger partial charge in [0.05, 0.1) is 10.4 Å². The molecule has 1 aliphatic rings. The van der Waals surface area contributed by atoms with Crippen molar-refractivity contribution in [2.75, 3.05) is 6.54 Å². The molecule has 0 saturated carbocycles. The molecule has 2 N–H and O–H groups in total. The predicted octanol–water partition coefficient (Wildman–Crippen LogP) is 0.165. The molecule has 0 bridgehead atoms. The molecule has 74 valence electrons. The molecular formula is C8H13BrN2O2. The van der Waals surface area contributed by atoms with Crippen molar-refractivity contribution in [2.24, 2.45) is 0 Å². The summed E-state index contributed by atoms with van der Waals surface area (Å²) in [6, 6.07) is -0.0585. The average Bonchev–Trinajstić information content (AvgIpc) is 2.33. The summed E-state index contributed by atoms with van der Waals surface area (Å²) >= 11 is 3.25. The summed E-state index contributed by atoms with van der Waals surface area (Å²) in [6.45, 7) is 4.08. The van der Waals surface area contributed by atoms with Crippen molar-refractivity contribution in [3.63, 3.8) is 0 Å². The van der Waals surface area contributed by atoms with Gasteiger partial charge in [-0.05, 0) is 13.8 Å². The molecule has 1 atom stereocenters. The van der Waals surface area contributed by atoms with Crippen molar-refractivity contribution in [3.8, 4) is 0 Å². The molecule has 1 aliphatic heterocycles. The molecule has 13 heavy (non-hydrogen) atoms. The number of nitrogens with one attached hydrogen (secondary N) is 2.